The van der Waals surface area contributed by atoms with Gasteiger partial charge in [-0.1, -0.05) is 30.3 Å². The summed E-state index contributed by atoms with van der Waals surface area (Å²) in [6.45, 7) is 6.40. The van der Waals surface area contributed by atoms with Crippen LogP contribution in [0.2, 0.25) is 0 Å². The minimum atomic E-state index is -0.0818. The lowest BCUT2D eigenvalue weighted by Gasteiger charge is -2.22. The summed E-state index contributed by atoms with van der Waals surface area (Å²) in [6, 6.07) is 12.5. The molecule has 2 aromatic rings. The van der Waals surface area contributed by atoms with Gasteiger partial charge in [0.1, 0.15) is 11.9 Å². The maximum atomic E-state index is 6.47. The molecular formula is C18H21NO. The first kappa shape index (κ1) is 13.2. The Kier molecular flexibility index (Phi) is 3.27. The second kappa shape index (κ2) is 4.95. The molecule has 0 saturated heterocycles. The highest BCUT2D eigenvalue weighted by Gasteiger charge is 2.29. The molecule has 0 radical (unpaired) electrons. The molecule has 1 heterocycles. The lowest BCUT2D eigenvalue weighted by molar-refractivity contribution is 0.199. The molecule has 0 bridgehead atoms. The van der Waals surface area contributed by atoms with Crippen LogP contribution in [0.25, 0.3) is 0 Å². The summed E-state index contributed by atoms with van der Waals surface area (Å²) >= 11 is 0. The van der Waals surface area contributed by atoms with Crippen molar-refractivity contribution in [2.45, 2.75) is 39.3 Å². The average molecular weight is 267 g/mol. The van der Waals surface area contributed by atoms with Crippen molar-refractivity contribution < 1.29 is 4.74 Å². The highest BCUT2D eigenvalue weighted by Crippen LogP contribution is 2.34. The molecule has 2 nitrogen and oxygen atoms in total. The van der Waals surface area contributed by atoms with E-state index in [9.17, 15) is 0 Å². The Morgan fingerprint density at radius 2 is 1.75 bits per heavy atom. The molecule has 20 heavy (non-hydrogen) atoms. The van der Waals surface area contributed by atoms with Crippen molar-refractivity contribution in [3.8, 4) is 5.75 Å². The van der Waals surface area contributed by atoms with E-state index in [1.807, 2.05) is 12.1 Å². The number of benzene rings is 2. The topological polar surface area (TPSA) is 35.2 Å². The molecule has 1 aliphatic rings. The Balaban J connectivity index is 1.88. The Hall–Kier alpha value is -1.80. The highest BCUT2D eigenvalue weighted by molar-refractivity contribution is 5.42. The van der Waals surface area contributed by atoms with Gasteiger partial charge in [-0.15, -0.1) is 0 Å². The van der Waals surface area contributed by atoms with Gasteiger partial charge in [0, 0.05) is 6.42 Å². The molecule has 2 aromatic carbocycles. The molecule has 1 aliphatic heterocycles. The minimum absolute atomic E-state index is 0.0354. The normalized spacial score (nSPS) is 18.5. The number of nitrogens with two attached hydrogens (primary N) is 1. The zero-order valence-corrected chi connectivity index (χ0v) is 12.3. The summed E-state index contributed by atoms with van der Waals surface area (Å²) in [7, 11) is 0. The standard InChI is InChI=1S/C18H21NO/c1-11-8-13(3)15(9-12(11)2)18(19)17-10-14-6-4-5-7-16(14)20-17/h4-9,17-18H,10,19H2,1-3H3. The first-order valence-electron chi connectivity index (χ1n) is 7.14. The molecular weight excluding hydrogens is 246 g/mol. The molecule has 2 unspecified atom stereocenters. The first-order chi connectivity index (χ1) is 9.56. The minimum Gasteiger partial charge on any atom is -0.488 e. The van der Waals surface area contributed by atoms with Gasteiger partial charge in [0.25, 0.3) is 0 Å². The van der Waals surface area contributed by atoms with Crippen molar-refractivity contribution in [2.75, 3.05) is 0 Å². The third-order valence-electron chi connectivity index (χ3n) is 4.31. The van der Waals surface area contributed by atoms with Gasteiger partial charge in [0.2, 0.25) is 0 Å². The zero-order chi connectivity index (χ0) is 14.3. The summed E-state index contributed by atoms with van der Waals surface area (Å²) in [6.07, 6.45) is 0.928. The number of para-hydroxylation sites is 1. The van der Waals surface area contributed by atoms with Crippen LogP contribution < -0.4 is 10.5 Å². The summed E-state index contributed by atoms with van der Waals surface area (Å²) in [5.41, 5.74) is 12.8. The van der Waals surface area contributed by atoms with E-state index in [0.29, 0.717) is 0 Å². The summed E-state index contributed by atoms with van der Waals surface area (Å²) < 4.78 is 6.02. The lowest BCUT2D eigenvalue weighted by Crippen LogP contribution is -2.30. The third kappa shape index (κ3) is 2.20. The van der Waals surface area contributed by atoms with E-state index in [2.05, 4.69) is 45.0 Å². The highest BCUT2D eigenvalue weighted by atomic mass is 16.5. The van der Waals surface area contributed by atoms with E-state index < -0.39 is 0 Å². The predicted octanol–water partition coefficient (Wildman–Crippen LogP) is 3.62. The number of fused-ring (bicyclic) bond motifs is 1. The average Bonchev–Trinajstić information content (AvgIpc) is 2.86. The van der Waals surface area contributed by atoms with Crippen LogP contribution >= 0.6 is 0 Å². The molecule has 0 aromatic heterocycles. The molecule has 3 rings (SSSR count). The van der Waals surface area contributed by atoms with Crippen LogP contribution in [0.5, 0.6) is 5.75 Å². The van der Waals surface area contributed by atoms with Crippen LogP contribution in [0.15, 0.2) is 36.4 Å². The number of hydrogen-bond donors (Lipinski definition) is 1. The fourth-order valence-electron chi connectivity index (χ4n) is 2.95. The quantitative estimate of drug-likeness (QED) is 0.902. The maximum absolute atomic E-state index is 6.47. The van der Waals surface area contributed by atoms with Gasteiger partial charge in [-0.05, 0) is 54.7 Å². The van der Waals surface area contributed by atoms with Crippen molar-refractivity contribution >= 4 is 0 Å². The van der Waals surface area contributed by atoms with Crippen molar-refractivity contribution in [1.29, 1.82) is 0 Å². The van der Waals surface area contributed by atoms with Gasteiger partial charge in [0.05, 0.1) is 6.04 Å². The Labute approximate surface area is 120 Å². The molecule has 0 saturated carbocycles. The number of ether oxygens (including phenoxy) is 1. The SMILES string of the molecule is Cc1cc(C)c(C(N)C2Cc3ccccc3O2)cc1C. The van der Waals surface area contributed by atoms with E-state index >= 15 is 0 Å². The van der Waals surface area contributed by atoms with Crippen LogP contribution in [-0.4, -0.2) is 6.10 Å². The van der Waals surface area contributed by atoms with Gasteiger partial charge in [-0.25, -0.2) is 0 Å². The van der Waals surface area contributed by atoms with Gasteiger partial charge >= 0.3 is 0 Å². The van der Waals surface area contributed by atoms with Crippen LogP contribution in [0.1, 0.15) is 33.9 Å². The van der Waals surface area contributed by atoms with E-state index in [-0.39, 0.29) is 12.1 Å². The van der Waals surface area contributed by atoms with E-state index in [1.165, 1.54) is 27.8 Å². The molecule has 0 amide bonds. The number of hydrogen-bond acceptors (Lipinski definition) is 2. The van der Waals surface area contributed by atoms with Crippen LogP contribution in [-0.2, 0) is 6.42 Å². The summed E-state index contributed by atoms with van der Waals surface area (Å²) in [5.74, 6) is 0.981. The van der Waals surface area contributed by atoms with Crippen molar-refractivity contribution in [2.24, 2.45) is 5.73 Å². The molecule has 2 N–H and O–H groups in total. The second-order valence-corrected chi connectivity index (χ2v) is 5.79. The second-order valence-electron chi connectivity index (χ2n) is 5.79. The van der Waals surface area contributed by atoms with Crippen LogP contribution in [0.4, 0.5) is 0 Å². The van der Waals surface area contributed by atoms with Gasteiger partial charge in [-0.3, -0.25) is 0 Å². The Morgan fingerprint density at radius 3 is 2.50 bits per heavy atom. The molecule has 2 heteroatoms. The van der Waals surface area contributed by atoms with Crippen molar-refractivity contribution in [3.63, 3.8) is 0 Å². The molecule has 0 fully saturated rings. The number of rotatable bonds is 2. The van der Waals surface area contributed by atoms with E-state index in [1.54, 1.807) is 0 Å². The Bertz CT molecular complexity index is 623. The fraction of sp³-hybridized carbons (Fsp3) is 0.333. The third-order valence-corrected chi connectivity index (χ3v) is 4.31. The smallest absolute Gasteiger partial charge is 0.123 e. The van der Waals surface area contributed by atoms with Crippen molar-refractivity contribution in [3.05, 3.63) is 64.2 Å². The predicted molar refractivity (Wildman–Crippen MR) is 82.1 cm³/mol. The van der Waals surface area contributed by atoms with Gasteiger partial charge in [0.15, 0.2) is 0 Å². The largest absolute Gasteiger partial charge is 0.488 e. The van der Waals surface area contributed by atoms with Crippen LogP contribution in [0, 0.1) is 20.8 Å². The molecule has 104 valence electrons. The Morgan fingerprint density at radius 1 is 1.05 bits per heavy atom. The summed E-state index contributed by atoms with van der Waals surface area (Å²) in [5, 5.41) is 0. The zero-order valence-electron chi connectivity index (χ0n) is 12.3. The van der Waals surface area contributed by atoms with Crippen LogP contribution in [0.3, 0.4) is 0 Å². The molecule has 2 atom stereocenters. The van der Waals surface area contributed by atoms with Crippen molar-refractivity contribution in [1.82, 2.24) is 0 Å². The van der Waals surface area contributed by atoms with Gasteiger partial charge in [-0.2, -0.15) is 0 Å². The maximum Gasteiger partial charge on any atom is 0.123 e. The molecule has 0 spiro atoms. The number of aryl methyl sites for hydroxylation is 3. The lowest BCUT2D eigenvalue weighted by atomic mass is 9.92. The fourth-order valence-corrected chi connectivity index (χ4v) is 2.95. The van der Waals surface area contributed by atoms with E-state index in [4.69, 9.17) is 10.5 Å². The summed E-state index contributed by atoms with van der Waals surface area (Å²) in [4.78, 5) is 0. The van der Waals surface area contributed by atoms with E-state index in [0.717, 1.165) is 12.2 Å². The monoisotopic (exact) mass is 267 g/mol. The molecule has 0 aliphatic carbocycles. The first-order valence-corrected chi connectivity index (χ1v) is 7.14. The van der Waals surface area contributed by atoms with Gasteiger partial charge < -0.3 is 10.5 Å².